The average Bonchev–Trinajstić information content (AvgIpc) is 2.67. The van der Waals surface area contributed by atoms with Gasteiger partial charge in [0.05, 0.1) is 24.0 Å². The summed E-state index contributed by atoms with van der Waals surface area (Å²) in [5.74, 6) is -2.13. The van der Waals surface area contributed by atoms with Crippen LogP contribution < -0.4 is 0 Å². The zero-order valence-electron chi connectivity index (χ0n) is 14.6. The van der Waals surface area contributed by atoms with Crippen molar-refractivity contribution in [3.8, 4) is 0 Å². The van der Waals surface area contributed by atoms with E-state index in [4.69, 9.17) is 4.74 Å². The maximum atomic E-state index is 13.0. The van der Waals surface area contributed by atoms with Gasteiger partial charge in [0.2, 0.25) is 10.0 Å². The summed E-state index contributed by atoms with van der Waals surface area (Å²) in [7, 11) is -3.78. The average molecular weight is 406 g/mol. The van der Waals surface area contributed by atoms with Crippen molar-refractivity contribution < 1.29 is 31.1 Å². The van der Waals surface area contributed by atoms with Crippen molar-refractivity contribution in [1.29, 1.82) is 0 Å². The van der Waals surface area contributed by atoms with E-state index in [0.717, 1.165) is 4.90 Å². The van der Waals surface area contributed by atoms with Crippen LogP contribution in [0.3, 0.4) is 0 Å². The number of hydrogen-bond acceptors (Lipinski definition) is 4. The Labute approximate surface area is 155 Å². The van der Waals surface area contributed by atoms with E-state index in [-0.39, 0.29) is 42.9 Å². The minimum atomic E-state index is -4.35. The first kappa shape index (κ1) is 20.1. The van der Waals surface area contributed by atoms with Crippen LogP contribution in [0, 0.1) is 5.92 Å². The normalized spacial score (nSPS) is 22.6. The Bertz CT molecular complexity index is 792. The van der Waals surface area contributed by atoms with E-state index >= 15 is 0 Å². The second kappa shape index (κ2) is 7.76. The SMILES string of the molecule is O=C(c1cccc(S(=O)(=O)N2CCOCC2)c1)N1CCC[C@@H](C(F)(F)F)C1. The number of hydrogen-bond donors (Lipinski definition) is 0. The van der Waals surface area contributed by atoms with E-state index in [1.165, 1.54) is 28.6 Å². The molecule has 0 radical (unpaired) electrons. The van der Waals surface area contributed by atoms with Crippen LogP contribution >= 0.6 is 0 Å². The number of alkyl halides is 3. The topological polar surface area (TPSA) is 66.9 Å². The van der Waals surface area contributed by atoms with Crippen LogP contribution in [-0.2, 0) is 14.8 Å². The predicted octanol–water partition coefficient (Wildman–Crippen LogP) is 2.12. The van der Waals surface area contributed by atoms with E-state index < -0.39 is 34.6 Å². The molecule has 3 rings (SSSR count). The summed E-state index contributed by atoms with van der Waals surface area (Å²) in [6.07, 6.45) is -4.08. The Hall–Kier alpha value is -1.65. The predicted molar refractivity (Wildman–Crippen MR) is 90.7 cm³/mol. The maximum absolute atomic E-state index is 13.0. The Balaban J connectivity index is 1.79. The van der Waals surface area contributed by atoms with Gasteiger partial charge in [-0.25, -0.2) is 8.42 Å². The number of halogens is 3. The molecule has 1 aromatic rings. The summed E-state index contributed by atoms with van der Waals surface area (Å²) < 4.78 is 70.8. The summed E-state index contributed by atoms with van der Waals surface area (Å²) in [6, 6.07) is 5.49. The maximum Gasteiger partial charge on any atom is 0.393 e. The molecular formula is C17H21F3N2O4S. The molecule has 1 atom stereocenters. The van der Waals surface area contributed by atoms with E-state index in [0.29, 0.717) is 13.2 Å². The van der Waals surface area contributed by atoms with Crippen LogP contribution in [0.1, 0.15) is 23.2 Å². The van der Waals surface area contributed by atoms with Gasteiger partial charge in [0, 0.05) is 31.7 Å². The summed E-state index contributed by atoms with van der Waals surface area (Å²) in [5, 5.41) is 0. The second-order valence-corrected chi connectivity index (χ2v) is 8.61. The van der Waals surface area contributed by atoms with E-state index in [2.05, 4.69) is 0 Å². The summed E-state index contributed by atoms with van der Waals surface area (Å²) >= 11 is 0. The molecule has 0 saturated carbocycles. The zero-order chi connectivity index (χ0) is 19.7. The van der Waals surface area contributed by atoms with Crippen molar-refractivity contribution >= 4 is 15.9 Å². The number of piperidine rings is 1. The fraction of sp³-hybridized carbons (Fsp3) is 0.588. The van der Waals surface area contributed by atoms with Crippen LogP contribution in [0.2, 0.25) is 0 Å². The molecule has 10 heteroatoms. The number of morpholine rings is 1. The Morgan fingerprint density at radius 3 is 2.52 bits per heavy atom. The van der Waals surface area contributed by atoms with Gasteiger partial charge in [-0.05, 0) is 31.0 Å². The zero-order valence-corrected chi connectivity index (χ0v) is 15.4. The molecule has 0 aromatic heterocycles. The molecule has 2 aliphatic rings. The number of carbonyl (C=O) groups is 1. The first-order valence-corrected chi connectivity index (χ1v) is 10.2. The highest BCUT2D eigenvalue weighted by Gasteiger charge is 2.42. The highest BCUT2D eigenvalue weighted by atomic mass is 32.2. The molecule has 0 N–H and O–H groups in total. The molecule has 0 aliphatic carbocycles. The molecule has 0 spiro atoms. The highest BCUT2D eigenvalue weighted by Crippen LogP contribution is 2.33. The molecule has 6 nitrogen and oxygen atoms in total. The van der Waals surface area contributed by atoms with Crippen LogP contribution in [-0.4, -0.2) is 69.1 Å². The van der Waals surface area contributed by atoms with Crippen LogP contribution in [0.4, 0.5) is 13.2 Å². The number of carbonyl (C=O) groups excluding carboxylic acids is 1. The number of sulfonamides is 1. The number of nitrogens with zero attached hydrogens (tertiary/aromatic N) is 2. The van der Waals surface area contributed by atoms with Crippen molar-refractivity contribution in [3.05, 3.63) is 29.8 Å². The lowest BCUT2D eigenvalue weighted by atomic mass is 9.97. The summed E-state index contributed by atoms with van der Waals surface area (Å²) in [4.78, 5) is 13.8. The van der Waals surface area contributed by atoms with Gasteiger partial charge in [-0.15, -0.1) is 0 Å². The van der Waals surface area contributed by atoms with Gasteiger partial charge < -0.3 is 9.64 Å². The lowest BCUT2D eigenvalue weighted by Crippen LogP contribution is -2.44. The smallest absolute Gasteiger partial charge is 0.379 e. The number of amides is 1. The van der Waals surface area contributed by atoms with Crippen molar-refractivity contribution in [2.45, 2.75) is 23.9 Å². The van der Waals surface area contributed by atoms with Crippen LogP contribution in [0.15, 0.2) is 29.2 Å². The second-order valence-electron chi connectivity index (χ2n) is 6.68. The molecule has 0 unspecified atom stereocenters. The molecule has 27 heavy (non-hydrogen) atoms. The molecular weight excluding hydrogens is 385 g/mol. The van der Waals surface area contributed by atoms with Gasteiger partial charge in [-0.2, -0.15) is 17.5 Å². The summed E-state index contributed by atoms with van der Waals surface area (Å²) in [5.41, 5.74) is 0.0761. The monoisotopic (exact) mass is 406 g/mol. The molecule has 1 amide bonds. The lowest BCUT2D eigenvalue weighted by Gasteiger charge is -2.34. The van der Waals surface area contributed by atoms with E-state index in [1.54, 1.807) is 0 Å². The third-order valence-corrected chi connectivity index (χ3v) is 6.75. The van der Waals surface area contributed by atoms with Crippen molar-refractivity contribution in [3.63, 3.8) is 0 Å². The van der Waals surface area contributed by atoms with Gasteiger partial charge in [0.15, 0.2) is 0 Å². The van der Waals surface area contributed by atoms with Crippen LogP contribution in [0.25, 0.3) is 0 Å². The van der Waals surface area contributed by atoms with E-state index in [1.807, 2.05) is 0 Å². The largest absolute Gasteiger partial charge is 0.393 e. The summed E-state index contributed by atoms with van der Waals surface area (Å²) in [6.45, 7) is 0.864. The van der Waals surface area contributed by atoms with Gasteiger partial charge in [0.1, 0.15) is 0 Å². The molecule has 2 saturated heterocycles. The van der Waals surface area contributed by atoms with Gasteiger partial charge in [-0.3, -0.25) is 4.79 Å². The third-order valence-electron chi connectivity index (χ3n) is 4.86. The number of ether oxygens (including phenoxy) is 1. The molecule has 2 heterocycles. The fourth-order valence-electron chi connectivity index (χ4n) is 3.34. The molecule has 0 bridgehead atoms. The van der Waals surface area contributed by atoms with Crippen molar-refractivity contribution in [1.82, 2.24) is 9.21 Å². The van der Waals surface area contributed by atoms with Crippen molar-refractivity contribution in [2.75, 3.05) is 39.4 Å². The molecule has 1 aromatic carbocycles. The lowest BCUT2D eigenvalue weighted by molar-refractivity contribution is -0.184. The Morgan fingerprint density at radius 1 is 1.15 bits per heavy atom. The molecule has 2 fully saturated rings. The van der Waals surface area contributed by atoms with Crippen LogP contribution in [0.5, 0.6) is 0 Å². The fourth-order valence-corrected chi connectivity index (χ4v) is 4.79. The van der Waals surface area contributed by atoms with Gasteiger partial charge in [-0.1, -0.05) is 6.07 Å². The number of rotatable bonds is 3. The quantitative estimate of drug-likeness (QED) is 0.771. The number of likely N-dealkylation sites (tertiary alicyclic amines) is 1. The Kier molecular flexibility index (Phi) is 5.78. The molecule has 150 valence electrons. The van der Waals surface area contributed by atoms with Gasteiger partial charge >= 0.3 is 6.18 Å². The van der Waals surface area contributed by atoms with E-state index in [9.17, 15) is 26.4 Å². The number of benzene rings is 1. The third kappa shape index (κ3) is 4.44. The first-order valence-electron chi connectivity index (χ1n) is 8.73. The standard InChI is InChI=1S/C17H21F3N2O4S/c18-17(19,20)14-4-2-6-21(12-14)16(23)13-3-1-5-15(11-13)27(24,25)22-7-9-26-10-8-22/h1,3,5,11,14H,2,4,6-10,12H2/t14-/m1/s1. The minimum absolute atomic E-state index is 0.00126. The highest BCUT2D eigenvalue weighted by molar-refractivity contribution is 7.89. The first-order chi connectivity index (χ1) is 12.7. The Morgan fingerprint density at radius 2 is 1.85 bits per heavy atom. The minimum Gasteiger partial charge on any atom is -0.379 e. The van der Waals surface area contributed by atoms with Crippen molar-refractivity contribution in [2.24, 2.45) is 5.92 Å². The molecule has 2 aliphatic heterocycles. The van der Waals surface area contributed by atoms with Gasteiger partial charge in [0.25, 0.3) is 5.91 Å².